The highest BCUT2D eigenvalue weighted by Gasteiger charge is 2.10. The first-order valence-corrected chi connectivity index (χ1v) is 7.34. The van der Waals surface area contributed by atoms with E-state index in [0.29, 0.717) is 19.8 Å². The normalized spacial score (nSPS) is 10.5. The van der Waals surface area contributed by atoms with Crippen LogP contribution < -0.4 is 15.2 Å². The van der Waals surface area contributed by atoms with Crippen LogP contribution in [-0.2, 0) is 6.54 Å². The van der Waals surface area contributed by atoms with Gasteiger partial charge >= 0.3 is 0 Å². The predicted octanol–water partition coefficient (Wildman–Crippen LogP) is 3.67. The molecule has 2 rings (SSSR count). The minimum Gasteiger partial charge on any atom is -0.490 e. The molecular formula is C15H19NO2S. The van der Waals surface area contributed by atoms with Crippen LogP contribution in [0.5, 0.6) is 11.5 Å². The van der Waals surface area contributed by atoms with Crippen molar-refractivity contribution in [1.29, 1.82) is 0 Å². The van der Waals surface area contributed by atoms with Crippen LogP contribution >= 0.6 is 11.3 Å². The van der Waals surface area contributed by atoms with E-state index in [2.05, 4.69) is 17.5 Å². The molecule has 3 nitrogen and oxygen atoms in total. The molecule has 0 spiro atoms. The van der Waals surface area contributed by atoms with Crippen LogP contribution in [0.2, 0.25) is 0 Å². The lowest BCUT2D eigenvalue weighted by Gasteiger charge is -2.12. The molecule has 4 heteroatoms. The SMILES string of the molecule is CCOc1ccc(-c2ccsc2CN)cc1OCC. The van der Waals surface area contributed by atoms with Crippen LogP contribution in [0.4, 0.5) is 0 Å². The molecule has 0 aliphatic rings. The second-order valence-electron chi connectivity index (χ2n) is 3.99. The van der Waals surface area contributed by atoms with Crippen LogP contribution in [0.1, 0.15) is 18.7 Å². The maximum atomic E-state index is 5.76. The molecule has 0 bridgehead atoms. The van der Waals surface area contributed by atoms with Gasteiger partial charge in [0.2, 0.25) is 0 Å². The quantitative estimate of drug-likeness (QED) is 0.876. The van der Waals surface area contributed by atoms with Crippen LogP contribution in [0, 0.1) is 0 Å². The third kappa shape index (κ3) is 3.08. The van der Waals surface area contributed by atoms with Crippen molar-refractivity contribution in [2.24, 2.45) is 5.73 Å². The Balaban J connectivity index is 2.39. The Morgan fingerprint density at radius 3 is 2.47 bits per heavy atom. The smallest absolute Gasteiger partial charge is 0.161 e. The number of rotatable bonds is 6. The van der Waals surface area contributed by atoms with Gasteiger partial charge in [-0.15, -0.1) is 11.3 Å². The summed E-state index contributed by atoms with van der Waals surface area (Å²) in [6.45, 7) is 5.75. The van der Waals surface area contributed by atoms with Gasteiger partial charge in [0, 0.05) is 11.4 Å². The largest absolute Gasteiger partial charge is 0.490 e. The lowest BCUT2D eigenvalue weighted by Crippen LogP contribution is -1.99. The number of nitrogens with two attached hydrogens (primary N) is 1. The van der Waals surface area contributed by atoms with Crippen molar-refractivity contribution in [2.45, 2.75) is 20.4 Å². The van der Waals surface area contributed by atoms with Crippen molar-refractivity contribution in [3.63, 3.8) is 0 Å². The van der Waals surface area contributed by atoms with Gasteiger partial charge < -0.3 is 15.2 Å². The number of ether oxygens (including phenoxy) is 2. The van der Waals surface area contributed by atoms with Gasteiger partial charge in [-0.1, -0.05) is 6.07 Å². The Kier molecular flexibility index (Phi) is 4.82. The fraction of sp³-hybridized carbons (Fsp3) is 0.333. The molecule has 0 saturated heterocycles. The first-order chi connectivity index (χ1) is 9.30. The molecule has 2 N–H and O–H groups in total. The second-order valence-corrected chi connectivity index (χ2v) is 4.99. The summed E-state index contributed by atoms with van der Waals surface area (Å²) in [5.74, 6) is 1.58. The summed E-state index contributed by atoms with van der Waals surface area (Å²) in [7, 11) is 0. The maximum absolute atomic E-state index is 5.76. The van der Waals surface area contributed by atoms with E-state index in [1.54, 1.807) is 11.3 Å². The van der Waals surface area contributed by atoms with Gasteiger partial charge in [0.1, 0.15) is 0 Å². The third-order valence-electron chi connectivity index (χ3n) is 2.79. The number of hydrogen-bond acceptors (Lipinski definition) is 4. The fourth-order valence-corrected chi connectivity index (χ4v) is 2.75. The summed E-state index contributed by atoms with van der Waals surface area (Å²) in [5, 5.41) is 2.06. The molecule has 1 heterocycles. The minimum atomic E-state index is 0.560. The third-order valence-corrected chi connectivity index (χ3v) is 3.73. The van der Waals surface area contributed by atoms with Gasteiger partial charge in [-0.2, -0.15) is 0 Å². The number of thiophene rings is 1. The Hall–Kier alpha value is -1.52. The Morgan fingerprint density at radius 1 is 1.05 bits per heavy atom. The molecule has 1 aromatic heterocycles. The van der Waals surface area contributed by atoms with E-state index in [4.69, 9.17) is 15.2 Å². The second kappa shape index (κ2) is 6.59. The summed E-state index contributed by atoms with van der Waals surface area (Å²) in [5.41, 5.74) is 8.06. The molecule has 0 unspecified atom stereocenters. The van der Waals surface area contributed by atoms with Crippen LogP contribution in [0.3, 0.4) is 0 Å². The molecule has 0 saturated carbocycles. The Bertz CT molecular complexity index is 537. The average molecular weight is 277 g/mol. The summed E-state index contributed by atoms with van der Waals surface area (Å²) in [6, 6.07) is 8.13. The molecule has 1 aromatic carbocycles. The van der Waals surface area contributed by atoms with Crippen molar-refractivity contribution in [1.82, 2.24) is 0 Å². The molecule has 0 amide bonds. The molecule has 0 aliphatic heterocycles. The van der Waals surface area contributed by atoms with E-state index in [1.165, 1.54) is 10.4 Å². The highest BCUT2D eigenvalue weighted by atomic mass is 32.1. The molecular weight excluding hydrogens is 258 g/mol. The highest BCUT2D eigenvalue weighted by molar-refractivity contribution is 7.10. The summed E-state index contributed by atoms with van der Waals surface area (Å²) in [6.07, 6.45) is 0. The standard InChI is InChI=1S/C15H19NO2S/c1-3-17-13-6-5-11(9-14(13)18-4-2)12-7-8-19-15(12)10-16/h5-9H,3-4,10,16H2,1-2H3. The van der Waals surface area contributed by atoms with Gasteiger partial charge in [0.05, 0.1) is 13.2 Å². The summed E-state index contributed by atoms with van der Waals surface area (Å²) >= 11 is 1.68. The Morgan fingerprint density at radius 2 is 1.79 bits per heavy atom. The van der Waals surface area contributed by atoms with Crippen LogP contribution in [0.15, 0.2) is 29.6 Å². The zero-order valence-electron chi connectivity index (χ0n) is 11.3. The van der Waals surface area contributed by atoms with Gasteiger partial charge in [-0.05, 0) is 48.6 Å². The highest BCUT2D eigenvalue weighted by Crippen LogP contribution is 2.35. The van der Waals surface area contributed by atoms with Crippen molar-refractivity contribution >= 4 is 11.3 Å². The van der Waals surface area contributed by atoms with E-state index in [9.17, 15) is 0 Å². The monoisotopic (exact) mass is 277 g/mol. The summed E-state index contributed by atoms with van der Waals surface area (Å²) < 4.78 is 11.2. The molecule has 0 radical (unpaired) electrons. The van der Waals surface area contributed by atoms with Crippen molar-refractivity contribution < 1.29 is 9.47 Å². The van der Waals surface area contributed by atoms with E-state index < -0.39 is 0 Å². The zero-order chi connectivity index (χ0) is 13.7. The molecule has 102 valence electrons. The van der Waals surface area contributed by atoms with Crippen molar-refractivity contribution in [2.75, 3.05) is 13.2 Å². The lowest BCUT2D eigenvalue weighted by molar-refractivity contribution is 0.288. The van der Waals surface area contributed by atoms with Crippen molar-refractivity contribution in [3.8, 4) is 22.6 Å². The van der Waals surface area contributed by atoms with E-state index >= 15 is 0 Å². The van der Waals surface area contributed by atoms with E-state index in [1.807, 2.05) is 26.0 Å². The predicted molar refractivity (Wildman–Crippen MR) is 80.0 cm³/mol. The first-order valence-electron chi connectivity index (χ1n) is 6.46. The molecule has 0 fully saturated rings. The minimum absolute atomic E-state index is 0.560. The van der Waals surface area contributed by atoms with Crippen LogP contribution in [0.25, 0.3) is 11.1 Å². The first kappa shape index (κ1) is 13.9. The van der Waals surface area contributed by atoms with Crippen molar-refractivity contribution in [3.05, 3.63) is 34.5 Å². The lowest BCUT2D eigenvalue weighted by atomic mass is 10.1. The Labute approximate surface area is 118 Å². The molecule has 0 atom stereocenters. The fourth-order valence-electron chi connectivity index (χ4n) is 1.97. The summed E-state index contributed by atoms with van der Waals surface area (Å²) in [4.78, 5) is 1.19. The van der Waals surface area contributed by atoms with Gasteiger partial charge in [0.15, 0.2) is 11.5 Å². The van der Waals surface area contributed by atoms with Gasteiger partial charge in [0.25, 0.3) is 0 Å². The van der Waals surface area contributed by atoms with E-state index in [-0.39, 0.29) is 0 Å². The van der Waals surface area contributed by atoms with E-state index in [0.717, 1.165) is 17.1 Å². The van der Waals surface area contributed by atoms with Gasteiger partial charge in [-0.3, -0.25) is 0 Å². The zero-order valence-corrected chi connectivity index (χ0v) is 12.1. The average Bonchev–Trinajstić information content (AvgIpc) is 2.89. The molecule has 0 aliphatic carbocycles. The molecule has 2 aromatic rings. The van der Waals surface area contributed by atoms with Crippen LogP contribution in [-0.4, -0.2) is 13.2 Å². The maximum Gasteiger partial charge on any atom is 0.161 e. The number of benzene rings is 1. The number of hydrogen-bond donors (Lipinski definition) is 1. The topological polar surface area (TPSA) is 44.5 Å². The molecule has 19 heavy (non-hydrogen) atoms. The van der Waals surface area contributed by atoms with Gasteiger partial charge in [-0.25, -0.2) is 0 Å².